The van der Waals surface area contributed by atoms with Gasteiger partial charge in [0.25, 0.3) is 5.91 Å². The van der Waals surface area contributed by atoms with Crippen LogP contribution in [0.4, 0.5) is 5.13 Å². The van der Waals surface area contributed by atoms with Crippen molar-refractivity contribution in [3.05, 3.63) is 34.8 Å². The van der Waals surface area contributed by atoms with Crippen molar-refractivity contribution in [3.8, 4) is 5.75 Å². The maximum atomic E-state index is 12.3. The van der Waals surface area contributed by atoms with E-state index in [1.807, 2.05) is 0 Å². The van der Waals surface area contributed by atoms with Crippen LogP contribution in [0.15, 0.2) is 35.4 Å². The van der Waals surface area contributed by atoms with E-state index in [1.54, 1.807) is 13.8 Å². The number of nitrogens with one attached hydrogen (secondary N) is 1. The molecule has 6 nitrogen and oxygen atoms in total. The summed E-state index contributed by atoms with van der Waals surface area (Å²) in [7, 11) is -3.27. The van der Waals surface area contributed by atoms with Crippen molar-refractivity contribution in [2.24, 2.45) is 0 Å². The lowest BCUT2D eigenvalue weighted by Gasteiger charge is -2.24. The van der Waals surface area contributed by atoms with E-state index in [9.17, 15) is 13.2 Å². The first-order chi connectivity index (χ1) is 10.6. The number of halogens is 1. The molecule has 0 unspecified atom stereocenters. The molecule has 1 N–H and O–H groups in total. The molecule has 0 spiro atoms. The molecule has 9 heteroatoms. The van der Waals surface area contributed by atoms with Crippen LogP contribution >= 0.6 is 22.9 Å². The van der Waals surface area contributed by atoms with Crippen LogP contribution < -0.4 is 10.1 Å². The molecule has 0 radical (unpaired) electrons. The average molecular weight is 375 g/mol. The first kappa shape index (κ1) is 17.7. The third-order valence-electron chi connectivity index (χ3n) is 2.87. The van der Waals surface area contributed by atoms with Gasteiger partial charge in [0.05, 0.1) is 11.1 Å². The summed E-state index contributed by atoms with van der Waals surface area (Å²) in [5, 5.41) is 3.00. The molecule has 2 rings (SSSR count). The second-order valence-corrected chi connectivity index (χ2v) is 8.96. The van der Waals surface area contributed by atoms with Crippen molar-refractivity contribution in [1.82, 2.24) is 4.98 Å². The zero-order valence-electron chi connectivity index (χ0n) is 12.7. The minimum atomic E-state index is -3.27. The molecule has 124 valence electrons. The Bertz CT molecular complexity index is 814. The Morgan fingerprint density at radius 2 is 1.91 bits per heavy atom. The quantitative estimate of drug-likeness (QED) is 0.869. The van der Waals surface area contributed by atoms with E-state index in [-0.39, 0.29) is 4.90 Å². The highest BCUT2D eigenvalue weighted by atomic mass is 35.5. The van der Waals surface area contributed by atoms with Crippen LogP contribution in [0, 0.1) is 0 Å². The normalized spacial score (nSPS) is 12.0. The van der Waals surface area contributed by atoms with E-state index in [1.165, 1.54) is 30.5 Å². The predicted molar refractivity (Wildman–Crippen MR) is 90.0 cm³/mol. The number of thiazole rings is 1. The molecular formula is C14H15ClN2O4S2. The fourth-order valence-corrected chi connectivity index (χ4v) is 3.09. The minimum absolute atomic E-state index is 0.185. The first-order valence-corrected chi connectivity index (χ1v) is 9.58. The molecule has 0 aliphatic heterocycles. The molecule has 2 aromatic rings. The van der Waals surface area contributed by atoms with E-state index in [0.717, 1.165) is 17.6 Å². The summed E-state index contributed by atoms with van der Waals surface area (Å²) in [5.41, 5.74) is -1.18. The van der Waals surface area contributed by atoms with Gasteiger partial charge in [-0.1, -0.05) is 22.9 Å². The number of anilines is 1. The van der Waals surface area contributed by atoms with Crippen LogP contribution in [0.5, 0.6) is 5.75 Å². The van der Waals surface area contributed by atoms with Gasteiger partial charge in [0.15, 0.2) is 20.6 Å². The third kappa shape index (κ3) is 4.66. The van der Waals surface area contributed by atoms with Gasteiger partial charge in [0.2, 0.25) is 0 Å². The highest BCUT2D eigenvalue weighted by Crippen LogP contribution is 2.25. The molecule has 1 amide bonds. The second-order valence-electron chi connectivity index (χ2n) is 5.28. The fourth-order valence-electron chi connectivity index (χ4n) is 1.66. The highest BCUT2D eigenvalue weighted by molar-refractivity contribution is 7.90. The summed E-state index contributed by atoms with van der Waals surface area (Å²) < 4.78 is 29.0. The summed E-state index contributed by atoms with van der Waals surface area (Å²) in [5.74, 6) is -0.00886. The number of carbonyl (C=O) groups is 1. The van der Waals surface area contributed by atoms with E-state index in [2.05, 4.69) is 10.3 Å². The van der Waals surface area contributed by atoms with Gasteiger partial charge in [-0.05, 0) is 38.1 Å². The number of amides is 1. The van der Waals surface area contributed by atoms with Crippen LogP contribution in [0.3, 0.4) is 0 Å². The maximum absolute atomic E-state index is 12.3. The summed E-state index contributed by atoms with van der Waals surface area (Å²) in [4.78, 5) is 16.4. The van der Waals surface area contributed by atoms with Gasteiger partial charge >= 0.3 is 0 Å². The molecule has 0 atom stereocenters. The predicted octanol–water partition coefficient (Wildman–Crippen LogP) is 3.00. The molecule has 0 saturated heterocycles. The SMILES string of the molecule is CC(C)(Oc1ccc(S(C)(=O)=O)cc1)C(=O)Nc1ncc(Cl)s1. The second kappa shape index (κ2) is 6.46. The Hall–Kier alpha value is -1.64. The van der Waals surface area contributed by atoms with Crippen molar-refractivity contribution in [1.29, 1.82) is 0 Å². The molecule has 0 aliphatic carbocycles. The largest absolute Gasteiger partial charge is 0.478 e. The monoisotopic (exact) mass is 374 g/mol. The molecule has 1 aromatic heterocycles. The lowest BCUT2D eigenvalue weighted by Crippen LogP contribution is -2.42. The Kier molecular flexibility index (Phi) is 4.98. The van der Waals surface area contributed by atoms with Crippen LogP contribution in [0.1, 0.15) is 13.8 Å². The molecular weight excluding hydrogens is 360 g/mol. The Morgan fingerprint density at radius 1 is 1.30 bits per heavy atom. The van der Waals surface area contributed by atoms with Gasteiger partial charge < -0.3 is 4.74 Å². The zero-order chi connectivity index (χ0) is 17.3. The number of rotatable bonds is 5. The maximum Gasteiger partial charge on any atom is 0.269 e. The number of aromatic nitrogens is 1. The third-order valence-corrected chi connectivity index (χ3v) is 5.03. The van der Waals surface area contributed by atoms with Gasteiger partial charge in [-0.2, -0.15) is 0 Å². The Labute approximate surface area is 143 Å². The van der Waals surface area contributed by atoms with Gasteiger partial charge in [0, 0.05) is 6.26 Å². The molecule has 1 aromatic carbocycles. The fraction of sp³-hybridized carbons (Fsp3) is 0.286. The minimum Gasteiger partial charge on any atom is -0.478 e. The summed E-state index contributed by atoms with van der Waals surface area (Å²) in [6.07, 6.45) is 2.57. The van der Waals surface area contributed by atoms with Crippen LogP contribution in [-0.2, 0) is 14.6 Å². The van der Waals surface area contributed by atoms with E-state index in [4.69, 9.17) is 16.3 Å². The van der Waals surface area contributed by atoms with Gasteiger partial charge in [0.1, 0.15) is 10.1 Å². The topological polar surface area (TPSA) is 85.4 Å². The van der Waals surface area contributed by atoms with Crippen LogP contribution in [0.25, 0.3) is 0 Å². The van der Waals surface area contributed by atoms with Crippen molar-refractivity contribution in [2.75, 3.05) is 11.6 Å². The highest BCUT2D eigenvalue weighted by Gasteiger charge is 2.30. The van der Waals surface area contributed by atoms with Crippen molar-refractivity contribution in [3.63, 3.8) is 0 Å². The number of ether oxygens (including phenoxy) is 1. The van der Waals surface area contributed by atoms with Gasteiger partial charge in [-0.15, -0.1) is 0 Å². The Balaban J connectivity index is 2.09. The molecule has 0 fully saturated rings. The van der Waals surface area contributed by atoms with Crippen LogP contribution in [-0.4, -0.2) is 31.2 Å². The summed E-state index contributed by atoms with van der Waals surface area (Å²) in [6, 6.07) is 5.87. The van der Waals surface area contributed by atoms with E-state index >= 15 is 0 Å². The zero-order valence-corrected chi connectivity index (χ0v) is 15.1. The van der Waals surface area contributed by atoms with E-state index in [0.29, 0.717) is 15.2 Å². The average Bonchev–Trinajstić information content (AvgIpc) is 2.83. The lowest BCUT2D eigenvalue weighted by atomic mass is 10.1. The number of sulfone groups is 1. The summed E-state index contributed by atoms with van der Waals surface area (Å²) >= 11 is 6.91. The molecule has 23 heavy (non-hydrogen) atoms. The standard InChI is InChI=1S/C14H15ClN2O4S2/c1-14(2,12(18)17-13-16-8-11(15)22-13)21-9-4-6-10(7-5-9)23(3,19)20/h4-8H,1-3H3,(H,16,17,18). The number of carbonyl (C=O) groups excluding carboxylic acids is 1. The van der Waals surface area contributed by atoms with Gasteiger partial charge in [-0.25, -0.2) is 13.4 Å². The number of hydrogen-bond donors (Lipinski definition) is 1. The van der Waals surface area contributed by atoms with Gasteiger partial charge in [-0.3, -0.25) is 10.1 Å². The first-order valence-electron chi connectivity index (χ1n) is 6.50. The van der Waals surface area contributed by atoms with Crippen LogP contribution in [0.2, 0.25) is 4.34 Å². The molecule has 0 bridgehead atoms. The van der Waals surface area contributed by atoms with Crippen molar-refractivity contribution in [2.45, 2.75) is 24.3 Å². The molecule has 1 heterocycles. The smallest absolute Gasteiger partial charge is 0.269 e. The molecule has 0 aliphatic rings. The lowest BCUT2D eigenvalue weighted by molar-refractivity contribution is -0.128. The molecule has 0 saturated carbocycles. The Morgan fingerprint density at radius 3 is 2.39 bits per heavy atom. The number of nitrogens with zero attached hydrogens (tertiary/aromatic N) is 1. The van der Waals surface area contributed by atoms with Crippen molar-refractivity contribution < 1.29 is 17.9 Å². The van der Waals surface area contributed by atoms with Crippen molar-refractivity contribution >= 4 is 43.8 Å². The number of benzene rings is 1. The summed E-state index contributed by atoms with van der Waals surface area (Å²) in [6.45, 7) is 3.20. The number of hydrogen-bond acceptors (Lipinski definition) is 6. The van der Waals surface area contributed by atoms with E-state index < -0.39 is 21.3 Å².